The van der Waals surface area contributed by atoms with Gasteiger partial charge in [0.2, 0.25) is 5.91 Å². The first-order chi connectivity index (χ1) is 11.7. The van der Waals surface area contributed by atoms with Crippen LogP contribution in [-0.2, 0) is 11.3 Å². The molecule has 1 aromatic carbocycles. The number of rotatable bonds is 5. The van der Waals surface area contributed by atoms with Gasteiger partial charge in [0, 0.05) is 11.0 Å². The van der Waals surface area contributed by atoms with E-state index in [2.05, 4.69) is 20.9 Å². The largest absolute Gasteiger partial charge is 0.351 e. The lowest BCUT2D eigenvalue weighted by atomic mass is 10.2. The van der Waals surface area contributed by atoms with Crippen molar-refractivity contribution < 1.29 is 9.59 Å². The molecule has 2 aromatic rings. The molecule has 9 heteroatoms. The first-order valence-electron chi connectivity index (χ1n) is 7.66. The first-order valence-corrected chi connectivity index (χ1v) is 9.33. The maximum absolute atomic E-state index is 12.9. The Balaban J connectivity index is 2.50. The average Bonchev–Trinajstić information content (AvgIpc) is 2.51. The van der Waals surface area contributed by atoms with Crippen molar-refractivity contribution >= 4 is 50.5 Å². The fourth-order valence-electron chi connectivity index (χ4n) is 2.22. The lowest BCUT2D eigenvalue weighted by molar-refractivity contribution is -0.119. The quantitative estimate of drug-likeness (QED) is 0.563. The number of nitrogens with one attached hydrogen (secondary N) is 1. The van der Waals surface area contributed by atoms with Crippen molar-refractivity contribution in [2.75, 3.05) is 0 Å². The van der Waals surface area contributed by atoms with E-state index >= 15 is 0 Å². The Morgan fingerprint density at radius 2 is 2.04 bits per heavy atom. The Hall–Kier alpha value is -1.87. The highest BCUT2D eigenvalue weighted by Crippen LogP contribution is 2.24. The highest BCUT2D eigenvalue weighted by atomic mass is 79.9. The monoisotopic (exact) mass is 426 g/mol. The molecule has 0 aliphatic heterocycles. The molecule has 1 unspecified atom stereocenters. The Bertz CT molecular complexity index is 882. The molecule has 0 bridgehead atoms. The third kappa shape index (κ3) is 4.82. The molecule has 0 radical (unpaired) electrons. The van der Waals surface area contributed by atoms with E-state index in [1.165, 1.54) is 0 Å². The van der Waals surface area contributed by atoms with Crippen LogP contribution in [0, 0.1) is 5.92 Å². The number of amides is 3. The smallest absolute Gasteiger partial charge is 0.318 e. The number of aromatic nitrogens is 2. The average molecular weight is 427 g/mol. The van der Waals surface area contributed by atoms with Crippen LogP contribution in [0.2, 0.25) is 0 Å². The maximum atomic E-state index is 12.9. The van der Waals surface area contributed by atoms with Gasteiger partial charge in [-0.15, -0.1) is 0 Å². The van der Waals surface area contributed by atoms with Gasteiger partial charge >= 0.3 is 6.03 Å². The van der Waals surface area contributed by atoms with Crippen molar-refractivity contribution in [1.82, 2.24) is 14.9 Å². The molecule has 0 aliphatic carbocycles. The minimum absolute atomic E-state index is 0.162. The predicted octanol–water partition coefficient (Wildman–Crippen LogP) is 2.49. The van der Waals surface area contributed by atoms with Crippen molar-refractivity contribution in [2.45, 2.75) is 37.7 Å². The van der Waals surface area contributed by atoms with Crippen LogP contribution < -0.4 is 16.6 Å². The number of nitrogens with two attached hydrogens (primary N) is 1. The summed E-state index contributed by atoms with van der Waals surface area (Å²) < 4.78 is 2.36. The van der Waals surface area contributed by atoms with E-state index < -0.39 is 17.2 Å². The van der Waals surface area contributed by atoms with Gasteiger partial charge in [0.25, 0.3) is 5.56 Å². The zero-order valence-electron chi connectivity index (χ0n) is 14.1. The van der Waals surface area contributed by atoms with Crippen LogP contribution in [-0.4, -0.2) is 26.7 Å². The number of halogens is 1. The van der Waals surface area contributed by atoms with Crippen LogP contribution in [0.5, 0.6) is 0 Å². The number of primary amides is 1. The standard InChI is InChI=1S/C16H19BrN4O3S/c1-8(2)7-21-14(23)11-6-10(17)4-5-12(11)19-16(21)25-9(3)13(22)20-15(18)24/h4-6,8-9H,7H2,1-3H3,(H3,18,20,22,24). The van der Waals surface area contributed by atoms with E-state index in [1.807, 2.05) is 19.2 Å². The highest BCUT2D eigenvalue weighted by molar-refractivity contribution is 9.10. The maximum Gasteiger partial charge on any atom is 0.318 e. The summed E-state index contributed by atoms with van der Waals surface area (Å²) in [4.78, 5) is 40.2. The van der Waals surface area contributed by atoms with Crippen LogP contribution in [0.15, 0.2) is 32.6 Å². The van der Waals surface area contributed by atoms with Gasteiger partial charge in [-0.1, -0.05) is 41.5 Å². The summed E-state index contributed by atoms with van der Waals surface area (Å²) in [6.45, 7) is 6.09. The fraction of sp³-hybridized carbons (Fsp3) is 0.375. The third-order valence-electron chi connectivity index (χ3n) is 3.33. The Labute approximate surface area is 157 Å². The van der Waals surface area contributed by atoms with Gasteiger partial charge in [0.15, 0.2) is 5.16 Å². The molecular formula is C16H19BrN4O3S. The number of fused-ring (bicyclic) bond motifs is 1. The van der Waals surface area contributed by atoms with Gasteiger partial charge < -0.3 is 5.73 Å². The van der Waals surface area contributed by atoms with Crippen molar-refractivity contribution in [3.05, 3.63) is 33.0 Å². The van der Waals surface area contributed by atoms with Crippen LogP contribution >= 0.6 is 27.7 Å². The molecule has 3 N–H and O–H groups in total. The molecule has 1 aromatic heterocycles. The van der Waals surface area contributed by atoms with E-state index in [1.54, 1.807) is 29.7 Å². The van der Waals surface area contributed by atoms with E-state index in [9.17, 15) is 14.4 Å². The molecule has 0 spiro atoms. The molecule has 0 saturated carbocycles. The molecular weight excluding hydrogens is 408 g/mol. The van der Waals surface area contributed by atoms with Crippen LogP contribution in [0.1, 0.15) is 20.8 Å². The van der Waals surface area contributed by atoms with Crippen LogP contribution in [0.3, 0.4) is 0 Å². The Kier molecular flexibility index (Phi) is 6.23. The van der Waals surface area contributed by atoms with E-state index in [-0.39, 0.29) is 11.5 Å². The molecule has 0 saturated heterocycles. The normalized spacial score (nSPS) is 12.4. The van der Waals surface area contributed by atoms with E-state index in [0.717, 1.165) is 16.2 Å². The second-order valence-electron chi connectivity index (χ2n) is 5.98. The lowest BCUT2D eigenvalue weighted by Crippen LogP contribution is -2.39. The molecule has 7 nitrogen and oxygen atoms in total. The van der Waals surface area contributed by atoms with Crippen LogP contribution in [0.4, 0.5) is 4.79 Å². The summed E-state index contributed by atoms with van der Waals surface area (Å²) >= 11 is 4.48. The lowest BCUT2D eigenvalue weighted by Gasteiger charge is -2.17. The second kappa shape index (κ2) is 8.01. The van der Waals surface area contributed by atoms with Gasteiger partial charge in [-0.25, -0.2) is 9.78 Å². The summed E-state index contributed by atoms with van der Waals surface area (Å²) in [6, 6.07) is 4.38. The number of hydrogen-bond donors (Lipinski definition) is 2. The number of urea groups is 1. The van der Waals surface area contributed by atoms with Gasteiger partial charge in [-0.3, -0.25) is 19.5 Å². The topological polar surface area (TPSA) is 107 Å². The Morgan fingerprint density at radius 1 is 1.36 bits per heavy atom. The fourth-order valence-corrected chi connectivity index (χ4v) is 3.50. The number of imide groups is 1. The minimum atomic E-state index is -0.909. The number of thioether (sulfide) groups is 1. The van der Waals surface area contributed by atoms with Gasteiger partial charge in [-0.05, 0) is 31.0 Å². The van der Waals surface area contributed by atoms with E-state index in [4.69, 9.17) is 5.73 Å². The van der Waals surface area contributed by atoms with Crippen molar-refractivity contribution in [3.63, 3.8) is 0 Å². The molecule has 1 atom stereocenters. The zero-order chi connectivity index (χ0) is 18.7. The van der Waals surface area contributed by atoms with Gasteiger partial charge in [-0.2, -0.15) is 0 Å². The molecule has 2 rings (SSSR count). The predicted molar refractivity (Wildman–Crippen MR) is 102 cm³/mol. The van der Waals surface area contributed by atoms with Gasteiger partial charge in [0.1, 0.15) is 0 Å². The van der Waals surface area contributed by atoms with Gasteiger partial charge in [0.05, 0.1) is 16.2 Å². The third-order valence-corrected chi connectivity index (χ3v) is 4.91. The number of nitrogens with zero attached hydrogens (tertiary/aromatic N) is 2. The van der Waals surface area contributed by atoms with Crippen LogP contribution in [0.25, 0.3) is 10.9 Å². The molecule has 0 fully saturated rings. The Morgan fingerprint density at radius 3 is 2.64 bits per heavy atom. The number of hydrogen-bond acceptors (Lipinski definition) is 5. The SMILES string of the molecule is CC(C)Cn1c(SC(C)C(=O)NC(N)=O)nc2ccc(Br)cc2c1=O. The van der Waals surface area contributed by atoms with Crippen molar-refractivity contribution in [1.29, 1.82) is 0 Å². The highest BCUT2D eigenvalue weighted by Gasteiger charge is 2.20. The van der Waals surface area contributed by atoms with Crippen molar-refractivity contribution in [3.8, 4) is 0 Å². The summed E-state index contributed by atoms with van der Waals surface area (Å²) in [7, 11) is 0. The van der Waals surface area contributed by atoms with E-state index in [0.29, 0.717) is 22.6 Å². The molecule has 3 amide bonds. The molecule has 1 heterocycles. The number of carbonyl (C=O) groups excluding carboxylic acids is 2. The summed E-state index contributed by atoms with van der Waals surface area (Å²) in [6.07, 6.45) is 0. The summed E-state index contributed by atoms with van der Waals surface area (Å²) in [5.74, 6) is -0.308. The number of benzene rings is 1. The second-order valence-corrected chi connectivity index (χ2v) is 8.20. The molecule has 0 aliphatic rings. The summed E-state index contributed by atoms with van der Waals surface area (Å²) in [5.41, 5.74) is 5.37. The van der Waals surface area contributed by atoms with Crippen molar-refractivity contribution in [2.24, 2.45) is 11.7 Å². The minimum Gasteiger partial charge on any atom is -0.351 e. The first kappa shape index (κ1) is 19.5. The number of carbonyl (C=O) groups is 2. The molecule has 25 heavy (non-hydrogen) atoms. The summed E-state index contributed by atoms with van der Waals surface area (Å²) in [5, 5.41) is 2.35. The molecule has 134 valence electrons. The zero-order valence-corrected chi connectivity index (χ0v) is 16.5.